The Labute approximate surface area is 326 Å². The highest BCUT2D eigenvalue weighted by Crippen LogP contribution is 2.50. The molecule has 2 aliphatic rings. The van der Waals surface area contributed by atoms with Crippen molar-refractivity contribution in [2.24, 2.45) is 0 Å². The molecule has 2 unspecified atom stereocenters. The molecule has 2 atom stereocenters. The summed E-state index contributed by atoms with van der Waals surface area (Å²) < 4.78 is 9.80. The van der Waals surface area contributed by atoms with Crippen LogP contribution in [0.2, 0.25) is 0 Å². The molecule has 0 saturated heterocycles. The summed E-state index contributed by atoms with van der Waals surface area (Å²) >= 11 is 8.77. The normalized spacial score (nSPS) is 16.4. The standard InChI is InChI=1S/C45H34N2S5/c1-5-6-7-8-9-12-21-33-27-39(51-43(33)45-37(26-30(4)49-45)32-19-15-11-16-20-32)35-23-22-34(40-41(35)47-52-46-40)38-24-28(2)42(50-38)44-36(25-29(3)48-44)31-17-13-10-14-18-31/h1,10-11,13,15,22-27,31-32H,14,16-20H2,2-4H3. The van der Waals surface area contributed by atoms with Gasteiger partial charge in [0.05, 0.1) is 16.6 Å². The Morgan fingerprint density at radius 3 is 1.77 bits per heavy atom. The quantitative estimate of drug-likeness (QED) is 0.125. The van der Waals surface area contributed by atoms with E-state index in [0.717, 1.165) is 58.3 Å². The lowest BCUT2D eigenvalue weighted by Crippen LogP contribution is -2.00. The Morgan fingerprint density at radius 2 is 1.17 bits per heavy atom. The highest BCUT2D eigenvalue weighted by atomic mass is 32.1. The summed E-state index contributed by atoms with van der Waals surface area (Å²) in [5.41, 5.74) is 9.37. The summed E-state index contributed by atoms with van der Waals surface area (Å²) in [7, 11) is 0. The van der Waals surface area contributed by atoms with Gasteiger partial charge in [0.25, 0.3) is 0 Å². The molecule has 0 N–H and O–H groups in total. The molecule has 5 aromatic heterocycles. The summed E-state index contributed by atoms with van der Waals surface area (Å²) in [5, 5.41) is 0. The molecule has 52 heavy (non-hydrogen) atoms. The Balaban J connectivity index is 1.20. The minimum absolute atomic E-state index is 0.511. The minimum Gasteiger partial charge on any atom is -0.172 e. The van der Waals surface area contributed by atoms with Gasteiger partial charge in [-0.2, -0.15) is 8.75 Å². The fourth-order valence-electron chi connectivity index (χ4n) is 7.30. The number of terminal acetylenes is 1. The lowest BCUT2D eigenvalue weighted by Gasteiger charge is -2.18. The number of hydrogen-bond donors (Lipinski definition) is 0. The summed E-state index contributed by atoms with van der Waals surface area (Å²) in [6.07, 6.45) is 21.5. The SMILES string of the molecule is C#CC#CC#CC#Cc1cc(-c2ccc(-c3cc(C)c(-c4sc(C)cc4C4CC=CCC4)s3)c3nsnc23)sc1-c1sc(C)cc1C1CC=CCC1. The van der Waals surface area contributed by atoms with Crippen LogP contribution in [0.25, 0.3) is 51.4 Å². The number of benzene rings is 1. The highest BCUT2D eigenvalue weighted by Gasteiger charge is 2.26. The molecule has 6 aromatic rings. The van der Waals surface area contributed by atoms with Crippen molar-refractivity contribution in [3.05, 3.63) is 92.7 Å². The maximum atomic E-state index is 5.25. The molecular weight excluding hydrogens is 729 g/mol. The first-order valence-electron chi connectivity index (χ1n) is 17.5. The van der Waals surface area contributed by atoms with Crippen LogP contribution < -0.4 is 0 Å². The second kappa shape index (κ2) is 15.3. The lowest BCUT2D eigenvalue weighted by molar-refractivity contribution is 0.620. The van der Waals surface area contributed by atoms with Crippen LogP contribution in [-0.4, -0.2) is 8.75 Å². The van der Waals surface area contributed by atoms with Gasteiger partial charge in [0, 0.05) is 50.8 Å². The van der Waals surface area contributed by atoms with Crippen LogP contribution in [-0.2, 0) is 0 Å². The van der Waals surface area contributed by atoms with E-state index in [9.17, 15) is 0 Å². The van der Waals surface area contributed by atoms with E-state index in [4.69, 9.17) is 15.2 Å². The molecule has 254 valence electrons. The van der Waals surface area contributed by atoms with Gasteiger partial charge in [0.15, 0.2) is 0 Å². The van der Waals surface area contributed by atoms with Gasteiger partial charge in [-0.05, 0) is 148 Å². The van der Waals surface area contributed by atoms with Crippen molar-refractivity contribution < 1.29 is 0 Å². The fourth-order valence-corrected chi connectivity index (χ4v) is 12.8. The van der Waals surface area contributed by atoms with E-state index in [-0.39, 0.29) is 0 Å². The predicted octanol–water partition coefficient (Wildman–Crippen LogP) is 13.2. The molecule has 0 bridgehead atoms. The maximum Gasteiger partial charge on any atom is 0.114 e. The van der Waals surface area contributed by atoms with Gasteiger partial charge >= 0.3 is 0 Å². The van der Waals surface area contributed by atoms with Gasteiger partial charge in [0.1, 0.15) is 11.0 Å². The molecule has 0 spiro atoms. The average molecular weight is 763 g/mol. The number of thiophene rings is 4. The summed E-state index contributed by atoms with van der Waals surface area (Å²) in [6, 6.07) is 13.9. The van der Waals surface area contributed by atoms with E-state index >= 15 is 0 Å². The zero-order valence-electron chi connectivity index (χ0n) is 29.2. The van der Waals surface area contributed by atoms with Crippen LogP contribution in [0, 0.1) is 68.6 Å². The largest absolute Gasteiger partial charge is 0.172 e. The van der Waals surface area contributed by atoms with Crippen LogP contribution in [0.1, 0.15) is 82.4 Å². The van der Waals surface area contributed by atoms with E-state index in [1.165, 1.54) is 75.4 Å². The zero-order chi connectivity index (χ0) is 35.6. The molecule has 7 heteroatoms. The summed E-state index contributed by atoms with van der Waals surface area (Å²) in [4.78, 5) is 10.4. The molecule has 5 heterocycles. The average Bonchev–Trinajstić information content (AvgIpc) is 4.01. The number of allylic oxidation sites excluding steroid dienone is 4. The molecular formula is C45H34N2S5. The van der Waals surface area contributed by atoms with Crippen molar-refractivity contribution in [3.8, 4) is 88.3 Å². The molecule has 2 aliphatic carbocycles. The number of rotatable bonds is 6. The van der Waals surface area contributed by atoms with Crippen molar-refractivity contribution in [3.63, 3.8) is 0 Å². The van der Waals surface area contributed by atoms with Crippen LogP contribution in [0.4, 0.5) is 0 Å². The van der Waals surface area contributed by atoms with Crippen molar-refractivity contribution in [2.45, 2.75) is 71.1 Å². The molecule has 0 aliphatic heterocycles. The number of hydrogen-bond acceptors (Lipinski definition) is 7. The van der Waals surface area contributed by atoms with Gasteiger partial charge < -0.3 is 0 Å². The third-order valence-corrected chi connectivity index (χ3v) is 15.1. The highest BCUT2D eigenvalue weighted by molar-refractivity contribution is 7.25. The Morgan fingerprint density at radius 1 is 0.615 bits per heavy atom. The summed E-state index contributed by atoms with van der Waals surface area (Å²) in [5.74, 6) is 20.6. The molecule has 2 nitrogen and oxygen atoms in total. The van der Waals surface area contributed by atoms with Gasteiger partial charge in [-0.1, -0.05) is 42.4 Å². The molecule has 0 saturated carbocycles. The van der Waals surface area contributed by atoms with E-state index in [0.29, 0.717) is 11.8 Å². The molecule has 0 radical (unpaired) electrons. The van der Waals surface area contributed by atoms with Crippen molar-refractivity contribution >= 4 is 68.1 Å². The predicted molar refractivity (Wildman–Crippen MR) is 228 cm³/mol. The van der Waals surface area contributed by atoms with Crippen LogP contribution in [0.5, 0.6) is 0 Å². The molecule has 8 rings (SSSR count). The molecule has 0 fully saturated rings. The smallest absolute Gasteiger partial charge is 0.114 e. The van der Waals surface area contributed by atoms with E-state index < -0.39 is 0 Å². The van der Waals surface area contributed by atoms with Crippen molar-refractivity contribution in [2.75, 3.05) is 0 Å². The first-order valence-corrected chi connectivity index (χ1v) is 21.5. The minimum atomic E-state index is 0.511. The lowest BCUT2D eigenvalue weighted by atomic mass is 9.87. The Kier molecular flexibility index (Phi) is 10.2. The second-order valence-corrected chi connectivity index (χ2v) is 18.4. The third-order valence-electron chi connectivity index (χ3n) is 9.71. The number of aryl methyl sites for hydroxylation is 3. The number of fused-ring (bicyclic) bond motifs is 1. The first kappa shape index (κ1) is 34.6. The third kappa shape index (κ3) is 6.89. The molecule has 1 aromatic carbocycles. The summed E-state index contributed by atoms with van der Waals surface area (Å²) in [6.45, 7) is 6.71. The monoisotopic (exact) mass is 762 g/mol. The fraction of sp³-hybridized carbons (Fsp3) is 0.244. The Bertz CT molecular complexity index is 2620. The number of nitrogens with zero attached hydrogens (tertiary/aromatic N) is 2. The maximum absolute atomic E-state index is 5.25. The molecule has 0 amide bonds. The zero-order valence-corrected chi connectivity index (χ0v) is 33.3. The van der Waals surface area contributed by atoms with Crippen molar-refractivity contribution in [1.82, 2.24) is 8.75 Å². The first-order chi connectivity index (χ1) is 25.5. The Hall–Kier alpha value is -4.44. The second-order valence-electron chi connectivity index (χ2n) is 13.2. The van der Waals surface area contributed by atoms with Gasteiger partial charge in [-0.3, -0.25) is 0 Å². The van der Waals surface area contributed by atoms with Crippen LogP contribution >= 0.6 is 57.1 Å². The van der Waals surface area contributed by atoms with Crippen LogP contribution in [0.3, 0.4) is 0 Å². The van der Waals surface area contributed by atoms with E-state index in [1.807, 2.05) is 34.0 Å². The van der Waals surface area contributed by atoms with E-state index in [2.05, 4.69) is 123 Å². The van der Waals surface area contributed by atoms with Crippen molar-refractivity contribution in [1.29, 1.82) is 0 Å². The van der Waals surface area contributed by atoms with E-state index in [1.54, 1.807) is 11.3 Å². The topological polar surface area (TPSA) is 25.8 Å². The van der Waals surface area contributed by atoms with Gasteiger partial charge in [-0.25, -0.2) is 0 Å². The van der Waals surface area contributed by atoms with Gasteiger partial charge in [0.2, 0.25) is 0 Å². The van der Waals surface area contributed by atoms with Gasteiger partial charge in [-0.15, -0.1) is 51.8 Å². The van der Waals surface area contributed by atoms with Crippen LogP contribution in [0.15, 0.2) is 60.7 Å². The number of aromatic nitrogens is 2.